The third-order valence-electron chi connectivity index (χ3n) is 5.19. The van der Waals surface area contributed by atoms with Crippen molar-refractivity contribution in [1.82, 2.24) is 9.13 Å². The van der Waals surface area contributed by atoms with E-state index >= 15 is 0 Å². The Morgan fingerprint density at radius 3 is 1.63 bits per heavy atom. The summed E-state index contributed by atoms with van der Waals surface area (Å²) in [5.41, 5.74) is 3.07. The van der Waals surface area contributed by atoms with Crippen molar-refractivity contribution >= 4 is 10.9 Å². The van der Waals surface area contributed by atoms with Crippen LogP contribution in [0.15, 0.2) is 119 Å². The minimum Gasteiger partial charge on any atom is -0.268 e. The normalized spacial score (nSPS) is 10.9. The number of para-hydroxylation sites is 2. The van der Waals surface area contributed by atoms with Crippen molar-refractivity contribution in [2.24, 2.45) is 0 Å². The van der Waals surface area contributed by atoms with Crippen LogP contribution in [0.1, 0.15) is 0 Å². The summed E-state index contributed by atoms with van der Waals surface area (Å²) < 4.78 is 2.84. The SMILES string of the molecule is O=c1c2cc(-c3ccccc3)ccc2n(-c2ccccc2)c(=O)n1-c1ccccc1. The Morgan fingerprint density at radius 1 is 0.500 bits per heavy atom. The molecule has 0 aliphatic heterocycles. The van der Waals surface area contributed by atoms with E-state index in [2.05, 4.69) is 0 Å². The molecule has 5 rings (SSSR count). The van der Waals surface area contributed by atoms with Gasteiger partial charge >= 0.3 is 5.69 Å². The number of benzene rings is 4. The van der Waals surface area contributed by atoms with Crippen molar-refractivity contribution in [3.05, 3.63) is 130 Å². The molecule has 0 radical (unpaired) electrons. The third-order valence-corrected chi connectivity index (χ3v) is 5.19. The lowest BCUT2D eigenvalue weighted by atomic mass is 10.0. The molecule has 4 aromatic carbocycles. The molecular formula is C26H18N2O2. The van der Waals surface area contributed by atoms with E-state index in [0.29, 0.717) is 22.3 Å². The standard InChI is InChI=1S/C26H18N2O2/c29-25-23-18-20(19-10-4-1-5-11-19)16-17-24(23)27(21-12-6-2-7-13-21)26(30)28(25)22-14-8-3-9-15-22/h1-18H. The van der Waals surface area contributed by atoms with E-state index in [1.165, 1.54) is 4.57 Å². The van der Waals surface area contributed by atoms with Crippen molar-refractivity contribution in [3.63, 3.8) is 0 Å². The number of fused-ring (bicyclic) bond motifs is 1. The molecule has 0 N–H and O–H groups in total. The highest BCUT2D eigenvalue weighted by Crippen LogP contribution is 2.23. The molecule has 1 aromatic heterocycles. The van der Waals surface area contributed by atoms with Crippen molar-refractivity contribution in [2.45, 2.75) is 0 Å². The molecule has 0 bridgehead atoms. The van der Waals surface area contributed by atoms with E-state index in [9.17, 15) is 9.59 Å². The molecule has 1 heterocycles. The van der Waals surface area contributed by atoms with Gasteiger partial charge in [-0.05, 0) is 47.5 Å². The third kappa shape index (κ3) is 2.95. The van der Waals surface area contributed by atoms with E-state index in [1.54, 1.807) is 16.7 Å². The molecule has 0 saturated heterocycles. The maximum Gasteiger partial charge on any atom is 0.340 e. The zero-order chi connectivity index (χ0) is 20.5. The molecule has 0 saturated carbocycles. The average molecular weight is 390 g/mol. The molecule has 144 valence electrons. The van der Waals surface area contributed by atoms with E-state index in [4.69, 9.17) is 0 Å². The summed E-state index contributed by atoms with van der Waals surface area (Å²) in [6, 6.07) is 34.0. The number of hydrogen-bond acceptors (Lipinski definition) is 2. The van der Waals surface area contributed by atoms with Gasteiger partial charge in [-0.25, -0.2) is 9.36 Å². The second-order valence-electron chi connectivity index (χ2n) is 7.03. The van der Waals surface area contributed by atoms with Crippen LogP contribution in [-0.2, 0) is 0 Å². The van der Waals surface area contributed by atoms with E-state index in [-0.39, 0.29) is 5.56 Å². The summed E-state index contributed by atoms with van der Waals surface area (Å²) in [6.45, 7) is 0. The molecule has 0 amide bonds. The molecule has 0 atom stereocenters. The highest BCUT2D eigenvalue weighted by atomic mass is 16.2. The highest BCUT2D eigenvalue weighted by Gasteiger charge is 2.16. The van der Waals surface area contributed by atoms with Gasteiger partial charge in [-0.15, -0.1) is 0 Å². The number of nitrogens with zero attached hydrogens (tertiary/aromatic N) is 2. The lowest BCUT2D eigenvalue weighted by Crippen LogP contribution is -2.38. The van der Waals surface area contributed by atoms with Crippen molar-refractivity contribution < 1.29 is 0 Å². The smallest absolute Gasteiger partial charge is 0.268 e. The second kappa shape index (κ2) is 7.33. The van der Waals surface area contributed by atoms with Crippen LogP contribution in [-0.4, -0.2) is 9.13 Å². The van der Waals surface area contributed by atoms with Crippen molar-refractivity contribution in [3.8, 4) is 22.5 Å². The molecular weight excluding hydrogens is 372 g/mol. The van der Waals surface area contributed by atoms with E-state index in [0.717, 1.165) is 11.1 Å². The van der Waals surface area contributed by atoms with Gasteiger partial charge in [0.05, 0.1) is 22.3 Å². The number of rotatable bonds is 3. The summed E-state index contributed by atoms with van der Waals surface area (Å²) in [7, 11) is 0. The summed E-state index contributed by atoms with van der Waals surface area (Å²) in [4.78, 5) is 27.0. The van der Waals surface area contributed by atoms with E-state index in [1.807, 2.05) is 97.1 Å². The predicted octanol–water partition coefficient (Wildman–Crippen LogP) is 4.81. The molecule has 30 heavy (non-hydrogen) atoms. The van der Waals surface area contributed by atoms with Gasteiger partial charge in [0, 0.05) is 0 Å². The van der Waals surface area contributed by atoms with Crippen LogP contribution in [0.25, 0.3) is 33.4 Å². The lowest BCUT2D eigenvalue weighted by Gasteiger charge is -2.15. The predicted molar refractivity (Wildman–Crippen MR) is 121 cm³/mol. The molecule has 5 aromatic rings. The van der Waals surface area contributed by atoms with Gasteiger partial charge < -0.3 is 0 Å². The van der Waals surface area contributed by atoms with Gasteiger partial charge in [-0.2, -0.15) is 0 Å². The summed E-state index contributed by atoms with van der Waals surface area (Å²) >= 11 is 0. The fourth-order valence-electron chi connectivity index (χ4n) is 3.75. The minimum atomic E-state index is -0.391. The Morgan fingerprint density at radius 2 is 1.03 bits per heavy atom. The van der Waals surface area contributed by atoms with Crippen LogP contribution >= 0.6 is 0 Å². The molecule has 0 unspecified atom stereocenters. The summed E-state index contributed by atoms with van der Waals surface area (Å²) in [5.74, 6) is 0. The summed E-state index contributed by atoms with van der Waals surface area (Å²) in [5, 5.41) is 0.489. The Hall–Kier alpha value is -4.18. The van der Waals surface area contributed by atoms with Crippen LogP contribution < -0.4 is 11.2 Å². The quantitative estimate of drug-likeness (QED) is 0.444. The zero-order valence-electron chi connectivity index (χ0n) is 16.1. The highest BCUT2D eigenvalue weighted by molar-refractivity contribution is 5.85. The lowest BCUT2D eigenvalue weighted by molar-refractivity contribution is 0.835. The first kappa shape index (κ1) is 17.9. The van der Waals surface area contributed by atoms with Crippen molar-refractivity contribution in [1.29, 1.82) is 0 Å². The first-order valence-electron chi connectivity index (χ1n) is 9.72. The Labute approximate surface area is 172 Å². The number of aromatic nitrogens is 2. The maximum absolute atomic E-state index is 13.5. The van der Waals surface area contributed by atoms with Crippen LogP contribution in [0.2, 0.25) is 0 Å². The second-order valence-corrected chi connectivity index (χ2v) is 7.03. The molecule has 4 nitrogen and oxygen atoms in total. The summed E-state index contributed by atoms with van der Waals surface area (Å²) in [6.07, 6.45) is 0. The largest absolute Gasteiger partial charge is 0.340 e. The van der Waals surface area contributed by atoms with Crippen LogP contribution in [0.4, 0.5) is 0 Å². The fourth-order valence-corrected chi connectivity index (χ4v) is 3.75. The van der Waals surface area contributed by atoms with Crippen LogP contribution in [0.5, 0.6) is 0 Å². The Kier molecular flexibility index (Phi) is 4.37. The molecule has 0 fully saturated rings. The molecule has 0 spiro atoms. The molecule has 0 aliphatic carbocycles. The minimum absolute atomic E-state index is 0.328. The van der Waals surface area contributed by atoms with Gasteiger partial charge in [0.15, 0.2) is 0 Å². The topological polar surface area (TPSA) is 44.0 Å². The first-order valence-corrected chi connectivity index (χ1v) is 9.72. The van der Waals surface area contributed by atoms with Gasteiger partial charge in [-0.3, -0.25) is 9.36 Å². The average Bonchev–Trinajstić information content (AvgIpc) is 2.81. The molecule has 4 heteroatoms. The van der Waals surface area contributed by atoms with Gasteiger partial charge in [-0.1, -0.05) is 72.8 Å². The Bertz CT molecular complexity index is 1450. The van der Waals surface area contributed by atoms with Gasteiger partial charge in [0.25, 0.3) is 5.56 Å². The fraction of sp³-hybridized carbons (Fsp3) is 0. The number of hydrogen-bond donors (Lipinski definition) is 0. The van der Waals surface area contributed by atoms with Crippen molar-refractivity contribution in [2.75, 3.05) is 0 Å². The first-order chi connectivity index (χ1) is 14.7. The van der Waals surface area contributed by atoms with Crippen LogP contribution in [0, 0.1) is 0 Å². The van der Waals surface area contributed by atoms with Gasteiger partial charge in [0.2, 0.25) is 0 Å². The van der Waals surface area contributed by atoms with Crippen LogP contribution in [0.3, 0.4) is 0 Å². The Balaban J connectivity index is 1.91. The monoisotopic (exact) mass is 390 g/mol. The molecule has 0 aliphatic rings. The zero-order valence-corrected chi connectivity index (χ0v) is 16.1. The van der Waals surface area contributed by atoms with Gasteiger partial charge in [0.1, 0.15) is 0 Å². The van der Waals surface area contributed by atoms with E-state index < -0.39 is 5.69 Å². The maximum atomic E-state index is 13.5.